The highest BCUT2D eigenvalue weighted by Crippen LogP contribution is 2.24. The molecule has 27 heavy (non-hydrogen) atoms. The molecular weight excluding hydrogens is 342 g/mol. The number of aromatic nitrogens is 4. The summed E-state index contributed by atoms with van der Waals surface area (Å²) < 4.78 is 5.25. The summed E-state index contributed by atoms with van der Waals surface area (Å²) in [6.07, 6.45) is 0. The van der Waals surface area contributed by atoms with Gasteiger partial charge in [0.25, 0.3) is 5.91 Å². The van der Waals surface area contributed by atoms with Crippen molar-refractivity contribution in [1.29, 1.82) is 0 Å². The molecule has 0 saturated heterocycles. The van der Waals surface area contributed by atoms with Gasteiger partial charge in [0.05, 0.1) is 18.1 Å². The summed E-state index contributed by atoms with van der Waals surface area (Å²) in [5.41, 5.74) is 4.82. The van der Waals surface area contributed by atoms with Crippen LogP contribution in [0, 0.1) is 13.8 Å². The number of para-hydroxylation sites is 2. The maximum absolute atomic E-state index is 12.7. The maximum atomic E-state index is 12.7. The zero-order chi connectivity index (χ0) is 19.0. The van der Waals surface area contributed by atoms with Crippen molar-refractivity contribution in [1.82, 2.24) is 20.2 Å². The predicted octanol–water partition coefficient (Wildman–Crippen LogP) is 3.83. The number of hydrogen-bond donors (Lipinski definition) is 3. The number of amides is 1. The Hall–Kier alpha value is -3.61. The lowest BCUT2D eigenvalue weighted by molar-refractivity contribution is 0.102. The van der Waals surface area contributed by atoms with Crippen LogP contribution in [-0.2, 0) is 0 Å². The number of carbonyl (C=O) groups is 1. The highest BCUT2D eigenvalue weighted by atomic mass is 16.5. The molecule has 2 aromatic heterocycles. The molecule has 2 aromatic carbocycles. The lowest BCUT2D eigenvalue weighted by Crippen LogP contribution is -2.15. The summed E-state index contributed by atoms with van der Waals surface area (Å²) in [5.74, 6) is 1.62. The van der Waals surface area contributed by atoms with Gasteiger partial charge in [0.1, 0.15) is 11.4 Å². The number of carbonyl (C=O) groups excluding carboxylic acids is 1. The summed E-state index contributed by atoms with van der Waals surface area (Å²) in [6.45, 7) is 3.77. The van der Waals surface area contributed by atoms with Crippen molar-refractivity contribution in [3.8, 4) is 17.3 Å². The van der Waals surface area contributed by atoms with Crippen LogP contribution in [-0.4, -0.2) is 33.2 Å². The number of aryl methyl sites for hydroxylation is 2. The highest BCUT2D eigenvalue weighted by Gasteiger charge is 2.16. The number of rotatable bonds is 4. The predicted molar refractivity (Wildman–Crippen MR) is 104 cm³/mol. The number of nitrogens with zero attached hydrogens (tertiary/aromatic N) is 2. The largest absolute Gasteiger partial charge is 0.497 e. The van der Waals surface area contributed by atoms with E-state index in [2.05, 4.69) is 25.5 Å². The third kappa shape index (κ3) is 3.15. The molecule has 4 rings (SSSR count). The minimum Gasteiger partial charge on any atom is -0.497 e. The van der Waals surface area contributed by atoms with E-state index >= 15 is 0 Å². The fourth-order valence-corrected chi connectivity index (χ4v) is 3.17. The van der Waals surface area contributed by atoms with Gasteiger partial charge in [0.15, 0.2) is 11.6 Å². The molecule has 0 spiro atoms. The second-order valence-corrected chi connectivity index (χ2v) is 6.36. The molecule has 136 valence electrons. The molecule has 0 fully saturated rings. The number of nitrogens with one attached hydrogen (secondary N) is 3. The molecule has 2 heterocycles. The smallest absolute Gasteiger partial charge is 0.257 e. The van der Waals surface area contributed by atoms with Gasteiger partial charge in [0, 0.05) is 11.6 Å². The van der Waals surface area contributed by atoms with Crippen LogP contribution in [0.4, 0.5) is 5.82 Å². The first-order chi connectivity index (χ1) is 13.0. The molecule has 0 aliphatic carbocycles. The fourth-order valence-electron chi connectivity index (χ4n) is 3.17. The molecule has 3 N–H and O–H groups in total. The SMILES string of the molecule is COc1cc(C)c(C(=O)Nc2cc(-c3nc4ccccc4[nH]3)[nH]n2)c(C)c1. The zero-order valence-corrected chi connectivity index (χ0v) is 15.3. The summed E-state index contributed by atoms with van der Waals surface area (Å²) in [6, 6.07) is 13.2. The lowest BCUT2D eigenvalue weighted by atomic mass is 10.0. The number of aromatic amines is 2. The van der Waals surface area contributed by atoms with Gasteiger partial charge in [-0.2, -0.15) is 5.10 Å². The van der Waals surface area contributed by atoms with Crippen LogP contribution in [0.1, 0.15) is 21.5 Å². The summed E-state index contributed by atoms with van der Waals surface area (Å²) in [4.78, 5) is 20.5. The molecule has 1 amide bonds. The Morgan fingerprint density at radius 3 is 2.56 bits per heavy atom. The van der Waals surface area contributed by atoms with E-state index in [0.29, 0.717) is 22.9 Å². The Bertz CT molecular complexity index is 1090. The molecule has 0 aliphatic heterocycles. The van der Waals surface area contributed by atoms with E-state index in [4.69, 9.17) is 4.74 Å². The Labute approximate surface area is 155 Å². The van der Waals surface area contributed by atoms with Gasteiger partial charge in [-0.3, -0.25) is 9.89 Å². The number of anilines is 1. The normalized spacial score (nSPS) is 10.9. The van der Waals surface area contributed by atoms with Gasteiger partial charge in [-0.1, -0.05) is 12.1 Å². The number of ether oxygens (including phenoxy) is 1. The molecule has 0 saturated carbocycles. The van der Waals surface area contributed by atoms with Crippen LogP contribution in [0.25, 0.3) is 22.6 Å². The summed E-state index contributed by atoms with van der Waals surface area (Å²) in [5, 5.41) is 9.93. The average molecular weight is 361 g/mol. The van der Waals surface area contributed by atoms with Crippen molar-refractivity contribution in [2.24, 2.45) is 0 Å². The van der Waals surface area contributed by atoms with Crippen molar-refractivity contribution in [2.75, 3.05) is 12.4 Å². The number of benzene rings is 2. The Morgan fingerprint density at radius 1 is 1.11 bits per heavy atom. The molecule has 0 bridgehead atoms. The van der Waals surface area contributed by atoms with Crippen LogP contribution in [0.15, 0.2) is 42.5 Å². The number of H-pyrrole nitrogens is 2. The Balaban J connectivity index is 1.58. The first kappa shape index (κ1) is 16.8. The fraction of sp³-hybridized carbons (Fsp3) is 0.150. The second-order valence-electron chi connectivity index (χ2n) is 6.36. The van der Waals surface area contributed by atoms with E-state index in [1.54, 1.807) is 13.2 Å². The molecule has 0 atom stereocenters. The van der Waals surface area contributed by atoms with Crippen LogP contribution in [0.3, 0.4) is 0 Å². The van der Waals surface area contributed by atoms with E-state index in [-0.39, 0.29) is 5.91 Å². The maximum Gasteiger partial charge on any atom is 0.257 e. The molecule has 0 unspecified atom stereocenters. The van der Waals surface area contributed by atoms with Crippen LogP contribution >= 0.6 is 0 Å². The van der Waals surface area contributed by atoms with E-state index in [9.17, 15) is 4.79 Å². The Kier molecular flexibility index (Phi) is 4.12. The molecule has 7 nitrogen and oxygen atoms in total. The number of methoxy groups -OCH3 is 1. The van der Waals surface area contributed by atoms with E-state index < -0.39 is 0 Å². The van der Waals surface area contributed by atoms with Crippen LogP contribution in [0.5, 0.6) is 5.75 Å². The Morgan fingerprint density at radius 2 is 1.85 bits per heavy atom. The van der Waals surface area contributed by atoms with Crippen molar-refractivity contribution >= 4 is 22.8 Å². The van der Waals surface area contributed by atoms with Gasteiger partial charge < -0.3 is 15.0 Å². The van der Waals surface area contributed by atoms with Gasteiger partial charge in [-0.15, -0.1) is 0 Å². The zero-order valence-electron chi connectivity index (χ0n) is 15.3. The third-order valence-corrected chi connectivity index (χ3v) is 4.43. The molecule has 0 radical (unpaired) electrons. The number of imidazole rings is 1. The quantitative estimate of drug-likeness (QED) is 0.515. The van der Waals surface area contributed by atoms with E-state index in [1.165, 1.54) is 0 Å². The lowest BCUT2D eigenvalue weighted by Gasteiger charge is -2.11. The van der Waals surface area contributed by atoms with E-state index in [0.717, 1.165) is 27.9 Å². The standard InChI is InChI=1S/C20H19N5O2/c1-11-8-13(27-3)9-12(2)18(11)20(26)23-17-10-16(24-25-17)19-21-14-6-4-5-7-15(14)22-19/h4-10H,1-3H3,(H,21,22)(H2,23,24,25,26). The van der Waals surface area contributed by atoms with Crippen LogP contribution in [0.2, 0.25) is 0 Å². The molecule has 7 heteroatoms. The van der Waals surface area contributed by atoms with Crippen molar-refractivity contribution in [3.05, 3.63) is 59.2 Å². The van der Waals surface area contributed by atoms with Crippen LogP contribution < -0.4 is 10.1 Å². The molecule has 4 aromatic rings. The van der Waals surface area contributed by atoms with Gasteiger partial charge in [-0.25, -0.2) is 4.98 Å². The minimum atomic E-state index is -0.213. The molecule has 0 aliphatic rings. The van der Waals surface area contributed by atoms with Gasteiger partial charge in [0.2, 0.25) is 0 Å². The number of hydrogen-bond acceptors (Lipinski definition) is 4. The monoisotopic (exact) mass is 361 g/mol. The third-order valence-electron chi connectivity index (χ3n) is 4.43. The first-order valence-corrected chi connectivity index (χ1v) is 8.52. The second kappa shape index (κ2) is 6.60. The highest BCUT2D eigenvalue weighted by molar-refractivity contribution is 6.06. The van der Waals surface area contributed by atoms with Gasteiger partial charge >= 0.3 is 0 Å². The first-order valence-electron chi connectivity index (χ1n) is 8.52. The molecular formula is C20H19N5O2. The minimum absolute atomic E-state index is 0.213. The van der Waals surface area contributed by atoms with Gasteiger partial charge in [-0.05, 0) is 49.2 Å². The summed E-state index contributed by atoms with van der Waals surface area (Å²) in [7, 11) is 1.61. The van der Waals surface area contributed by atoms with Crippen molar-refractivity contribution in [3.63, 3.8) is 0 Å². The topological polar surface area (TPSA) is 95.7 Å². The van der Waals surface area contributed by atoms with Crippen molar-refractivity contribution in [2.45, 2.75) is 13.8 Å². The summed E-state index contributed by atoms with van der Waals surface area (Å²) >= 11 is 0. The number of fused-ring (bicyclic) bond motifs is 1. The average Bonchev–Trinajstić information content (AvgIpc) is 3.27. The van der Waals surface area contributed by atoms with Crippen molar-refractivity contribution < 1.29 is 9.53 Å². The van der Waals surface area contributed by atoms with E-state index in [1.807, 2.05) is 50.2 Å².